The topological polar surface area (TPSA) is 90.5 Å². The van der Waals surface area contributed by atoms with E-state index in [4.69, 9.17) is 10.5 Å². The first-order chi connectivity index (χ1) is 9.71. The Bertz CT molecular complexity index is 622. The molecule has 1 aromatic rings. The van der Waals surface area contributed by atoms with Crippen LogP contribution < -0.4 is 5.73 Å². The number of hydrogen-bond acceptors (Lipinski definition) is 5. The van der Waals surface area contributed by atoms with Crippen molar-refractivity contribution in [1.29, 1.82) is 0 Å². The molecule has 7 nitrogen and oxygen atoms in total. The summed E-state index contributed by atoms with van der Waals surface area (Å²) in [6.45, 7) is 9.34. The van der Waals surface area contributed by atoms with Crippen molar-refractivity contribution >= 4 is 10.0 Å². The number of ether oxygens (including phenoxy) is 1. The lowest BCUT2D eigenvalue weighted by molar-refractivity contribution is -0.00774. The van der Waals surface area contributed by atoms with Crippen molar-refractivity contribution < 1.29 is 13.2 Å². The van der Waals surface area contributed by atoms with Gasteiger partial charge in [-0.15, -0.1) is 0 Å². The summed E-state index contributed by atoms with van der Waals surface area (Å²) in [7, 11) is -3.60. The molecule has 2 heterocycles. The van der Waals surface area contributed by atoms with Crippen LogP contribution >= 0.6 is 0 Å². The van der Waals surface area contributed by atoms with Crippen LogP contribution in [0.15, 0.2) is 4.90 Å². The zero-order valence-corrected chi connectivity index (χ0v) is 13.9. The van der Waals surface area contributed by atoms with Gasteiger partial charge in [0.05, 0.1) is 36.7 Å². The Hall–Kier alpha value is -0.960. The summed E-state index contributed by atoms with van der Waals surface area (Å²) in [5, 5.41) is 4.31. The number of aromatic nitrogens is 2. The van der Waals surface area contributed by atoms with Crippen molar-refractivity contribution in [3.05, 3.63) is 11.4 Å². The maximum absolute atomic E-state index is 13.0. The number of rotatable bonds is 4. The van der Waals surface area contributed by atoms with Crippen molar-refractivity contribution in [1.82, 2.24) is 14.1 Å². The molecule has 0 spiro atoms. The quantitative estimate of drug-likeness (QED) is 0.860. The van der Waals surface area contributed by atoms with E-state index in [9.17, 15) is 8.42 Å². The number of aryl methyl sites for hydroxylation is 1. The average Bonchev–Trinajstić information content (AvgIpc) is 2.64. The van der Waals surface area contributed by atoms with Crippen LogP contribution in [0.1, 0.15) is 25.2 Å². The number of nitrogens with two attached hydrogens (primary N) is 1. The summed E-state index contributed by atoms with van der Waals surface area (Å²) in [5.74, 6) is 0. The van der Waals surface area contributed by atoms with Gasteiger partial charge < -0.3 is 10.5 Å². The maximum atomic E-state index is 13.0. The highest BCUT2D eigenvalue weighted by molar-refractivity contribution is 7.89. The first-order valence-corrected chi connectivity index (χ1v) is 8.50. The molecule has 0 radical (unpaired) electrons. The van der Waals surface area contributed by atoms with E-state index in [1.54, 1.807) is 18.5 Å². The van der Waals surface area contributed by atoms with Gasteiger partial charge in [-0.1, -0.05) is 0 Å². The van der Waals surface area contributed by atoms with Crippen LogP contribution in [-0.4, -0.2) is 54.3 Å². The molecule has 8 heteroatoms. The molecule has 0 amide bonds. The van der Waals surface area contributed by atoms with E-state index in [0.717, 1.165) is 0 Å². The molecule has 1 aliphatic rings. The van der Waals surface area contributed by atoms with Gasteiger partial charge in [0, 0.05) is 13.1 Å². The Morgan fingerprint density at radius 3 is 2.62 bits per heavy atom. The normalized spacial score (nSPS) is 19.9. The Balaban J connectivity index is 2.49. The molecule has 1 aliphatic heterocycles. The lowest BCUT2D eigenvalue weighted by atomic mass is 10.1. The molecule has 1 aromatic heterocycles. The van der Waals surface area contributed by atoms with Crippen LogP contribution in [0.25, 0.3) is 0 Å². The first kappa shape index (κ1) is 16.4. The molecule has 0 unspecified atom stereocenters. The standard InChI is InChI=1S/C13H24N4O3S/c1-10-12(11(2)16(15-10)6-5-14)21(18,19)17-7-8-20-9-13(17,3)4/h5-9,14H2,1-4H3. The molecule has 21 heavy (non-hydrogen) atoms. The van der Waals surface area contributed by atoms with E-state index in [2.05, 4.69) is 5.10 Å². The second-order valence-corrected chi connectivity index (χ2v) is 7.75. The number of nitrogens with zero attached hydrogens (tertiary/aromatic N) is 3. The van der Waals surface area contributed by atoms with Gasteiger partial charge in [0.15, 0.2) is 0 Å². The van der Waals surface area contributed by atoms with Gasteiger partial charge >= 0.3 is 0 Å². The van der Waals surface area contributed by atoms with Gasteiger partial charge in [0.2, 0.25) is 10.0 Å². The Morgan fingerprint density at radius 1 is 1.38 bits per heavy atom. The summed E-state index contributed by atoms with van der Waals surface area (Å²) in [4.78, 5) is 0.297. The van der Waals surface area contributed by atoms with E-state index in [0.29, 0.717) is 49.1 Å². The van der Waals surface area contributed by atoms with Gasteiger partial charge in [-0.25, -0.2) is 8.42 Å². The SMILES string of the molecule is Cc1nn(CCN)c(C)c1S(=O)(=O)N1CCOCC1(C)C. The number of hydrogen-bond donors (Lipinski definition) is 1. The largest absolute Gasteiger partial charge is 0.378 e. The monoisotopic (exact) mass is 316 g/mol. The van der Waals surface area contributed by atoms with E-state index >= 15 is 0 Å². The predicted molar refractivity (Wildman–Crippen MR) is 79.5 cm³/mol. The zero-order chi connectivity index (χ0) is 15.8. The average molecular weight is 316 g/mol. The fourth-order valence-corrected chi connectivity index (χ4v) is 4.93. The highest BCUT2D eigenvalue weighted by Crippen LogP contribution is 2.30. The Kier molecular flexibility index (Phi) is 4.44. The lowest BCUT2D eigenvalue weighted by Gasteiger charge is -2.40. The molecule has 2 rings (SSSR count). The van der Waals surface area contributed by atoms with Gasteiger partial charge in [-0.3, -0.25) is 4.68 Å². The molecular weight excluding hydrogens is 292 g/mol. The van der Waals surface area contributed by atoms with Crippen LogP contribution in [0.5, 0.6) is 0 Å². The Morgan fingerprint density at radius 2 is 2.05 bits per heavy atom. The van der Waals surface area contributed by atoms with Crippen LogP contribution in [0.3, 0.4) is 0 Å². The molecule has 0 aliphatic carbocycles. The first-order valence-electron chi connectivity index (χ1n) is 7.06. The van der Waals surface area contributed by atoms with E-state index in [-0.39, 0.29) is 0 Å². The van der Waals surface area contributed by atoms with E-state index in [1.165, 1.54) is 4.31 Å². The van der Waals surface area contributed by atoms with Gasteiger partial charge in [-0.05, 0) is 27.7 Å². The lowest BCUT2D eigenvalue weighted by Crippen LogP contribution is -2.55. The molecule has 2 N–H and O–H groups in total. The zero-order valence-electron chi connectivity index (χ0n) is 13.1. The molecule has 120 valence electrons. The minimum Gasteiger partial charge on any atom is -0.378 e. The third-order valence-electron chi connectivity index (χ3n) is 3.77. The summed E-state index contributed by atoms with van der Waals surface area (Å²) in [5.41, 5.74) is 6.14. The summed E-state index contributed by atoms with van der Waals surface area (Å²) < 4.78 is 34.7. The number of sulfonamides is 1. The third kappa shape index (κ3) is 2.85. The molecular formula is C13H24N4O3S. The minimum atomic E-state index is -3.60. The van der Waals surface area contributed by atoms with Gasteiger partial charge in [0.25, 0.3) is 0 Å². The summed E-state index contributed by atoms with van der Waals surface area (Å²) in [6.07, 6.45) is 0. The van der Waals surface area contributed by atoms with Gasteiger partial charge in [-0.2, -0.15) is 9.40 Å². The van der Waals surface area contributed by atoms with Crippen molar-refractivity contribution in [2.24, 2.45) is 5.73 Å². The molecule has 0 atom stereocenters. The molecule has 0 bridgehead atoms. The summed E-state index contributed by atoms with van der Waals surface area (Å²) in [6, 6.07) is 0. The molecule has 0 aromatic carbocycles. The minimum absolute atomic E-state index is 0.297. The van der Waals surface area contributed by atoms with Crippen molar-refractivity contribution in [3.8, 4) is 0 Å². The van der Waals surface area contributed by atoms with Crippen LogP contribution in [0.4, 0.5) is 0 Å². The highest BCUT2D eigenvalue weighted by Gasteiger charge is 2.41. The molecule has 1 fully saturated rings. The fraction of sp³-hybridized carbons (Fsp3) is 0.769. The van der Waals surface area contributed by atoms with Crippen LogP contribution in [0.2, 0.25) is 0 Å². The predicted octanol–water partition coefficient (Wildman–Crippen LogP) is 0.258. The third-order valence-corrected chi connectivity index (χ3v) is 6.14. The molecule has 1 saturated heterocycles. The van der Waals surface area contributed by atoms with Gasteiger partial charge in [0.1, 0.15) is 4.90 Å². The summed E-state index contributed by atoms with van der Waals surface area (Å²) >= 11 is 0. The van der Waals surface area contributed by atoms with Crippen LogP contribution in [-0.2, 0) is 21.3 Å². The Labute approximate surface area is 126 Å². The van der Waals surface area contributed by atoms with E-state index in [1.807, 2.05) is 13.8 Å². The van der Waals surface area contributed by atoms with Crippen molar-refractivity contribution in [3.63, 3.8) is 0 Å². The highest BCUT2D eigenvalue weighted by atomic mass is 32.2. The maximum Gasteiger partial charge on any atom is 0.247 e. The van der Waals surface area contributed by atoms with Crippen LogP contribution in [0, 0.1) is 13.8 Å². The van der Waals surface area contributed by atoms with E-state index < -0.39 is 15.6 Å². The second kappa shape index (κ2) is 5.68. The second-order valence-electron chi connectivity index (χ2n) is 5.95. The van der Waals surface area contributed by atoms with Crippen molar-refractivity contribution in [2.75, 3.05) is 26.3 Å². The fourth-order valence-electron chi connectivity index (χ4n) is 2.79. The number of morpholine rings is 1. The smallest absolute Gasteiger partial charge is 0.247 e. The van der Waals surface area contributed by atoms with Crippen molar-refractivity contribution in [2.45, 2.75) is 44.7 Å². The molecule has 0 saturated carbocycles.